The van der Waals surface area contributed by atoms with Crippen LogP contribution in [-0.4, -0.2) is 12.1 Å². The lowest BCUT2D eigenvalue weighted by molar-refractivity contribution is -0.140. The molecule has 0 atom stereocenters. The topological polar surface area (TPSA) is 34.1 Å². The number of rotatable bonds is 2. The third kappa shape index (κ3) is 1.15. The summed E-state index contributed by atoms with van der Waals surface area (Å²) in [5.74, 6) is 0.340. The quantitative estimate of drug-likeness (QED) is 0.610. The van der Waals surface area contributed by atoms with Crippen LogP contribution in [0, 0.1) is 10.8 Å². The van der Waals surface area contributed by atoms with E-state index >= 15 is 0 Å². The Labute approximate surface area is 78.7 Å². The summed E-state index contributed by atoms with van der Waals surface area (Å²) in [4.78, 5) is 22.4. The Morgan fingerprint density at radius 3 is 1.85 bits per heavy atom. The van der Waals surface area contributed by atoms with Crippen LogP contribution in [0.25, 0.3) is 0 Å². The van der Waals surface area contributed by atoms with Crippen molar-refractivity contribution in [1.82, 2.24) is 0 Å². The molecule has 0 spiro atoms. The molecule has 0 aromatic heterocycles. The van der Waals surface area contributed by atoms with Crippen LogP contribution in [0.5, 0.6) is 0 Å². The fourth-order valence-electron chi connectivity index (χ4n) is 2.92. The molecule has 0 aliphatic heterocycles. The van der Waals surface area contributed by atoms with Crippen molar-refractivity contribution in [1.29, 1.82) is 0 Å². The van der Waals surface area contributed by atoms with Crippen molar-refractivity contribution in [2.24, 2.45) is 10.8 Å². The van der Waals surface area contributed by atoms with Crippen LogP contribution in [0.3, 0.4) is 0 Å². The average Bonchev–Trinajstić information content (AvgIpc) is 2.20. The first-order valence-electron chi connectivity index (χ1n) is 5.10. The molecular formula is C11H16O2. The molecule has 2 bridgehead atoms. The van der Waals surface area contributed by atoms with Gasteiger partial charge in [-0.15, -0.1) is 0 Å². The van der Waals surface area contributed by atoms with Gasteiger partial charge in [0, 0.05) is 10.8 Å². The molecule has 0 aromatic rings. The maximum absolute atomic E-state index is 11.5. The predicted octanol–water partition coefficient (Wildman–Crippen LogP) is 2.11. The molecule has 3 aliphatic rings. The van der Waals surface area contributed by atoms with Gasteiger partial charge < -0.3 is 4.79 Å². The zero-order valence-corrected chi connectivity index (χ0v) is 8.14. The van der Waals surface area contributed by atoms with Crippen molar-refractivity contribution in [3.8, 4) is 0 Å². The van der Waals surface area contributed by atoms with Crippen LogP contribution < -0.4 is 0 Å². The van der Waals surface area contributed by atoms with Crippen LogP contribution >= 0.6 is 0 Å². The lowest BCUT2D eigenvalue weighted by Gasteiger charge is -2.49. The molecule has 3 saturated carbocycles. The van der Waals surface area contributed by atoms with Gasteiger partial charge in [0.1, 0.15) is 12.1 Å². The summed E-state index contributed by atoms with van der Waals surface area (Å²) < 4.78 is 0. The van der Waals surface area contributed by atoms with Crippen molar-refractivity contribution in [2.45, 2.75) is 45.4 Å². The molecule has 0 aromatic carbocycles. The number of Topliss-reactive ketones (excluding diaryl/α,β-unsaturated/α-hetero) is 1. The summed E-state index contributed by atoms with van der Waals surface area (Å²) in [6.07, 6.45) is 6.79. The van der Waals surface area contributed by atoms with Gasteiger partial charge >= 0.3 is 0 Å². The van der Waals surface area contributed by atoms with E-state index in [0.29, 0.717) is 5.78 Å². The Hall–Kier alpha value is -0.660. The van der Waals surface area contributed by atoms with Crippen molar-refractivity contribution < 1.29 is 9.59 Å². The second kappa shape index (κ2) is 2.66. The highest BCUT2D eigenvalue weighted by Gasteiger charge is 2.50. The minimum absolute atomic E-state index is 0.0369. The largest absolute Gasteiger partial charge is 0.303 e. The van der Waals surface area contributed by atoms with E-state index in [-0.39, 0.29) is 10.8 Å². The molecule has 0 amide bonds. The number of hydrogen-bond donors (Lipinski definition) is 0. The van der Waals surface area contributed by atoms with E-state index in [1.54, 1.807) is 6.92 Å². The van der Waals surface area contributed by atoms with E-state index in [9.17, 15) is 9.59 Å². The van der Waals surface area contributed by atoms with Gasteiger partial charge in [-0.25, -0.2) is 0 Å². The first kappa shape index (κ1) is 8.92. The maximum atomic E-state index is 11.5. The summed E-state index contributed by atoms with van der Waals surface area (Å²) in [6.45, 7) is 1.71. The third-order valence-electron chi connectivity index (χ3n) is 4.30. The molecule has 2 heteroatoms. The van der Waals surface area contributed by atoms with Crippen LogP contribution in [0.4, 0.5) is 0 Å². The van der Waals surface area contributed by atoms with Gasteiger partial charge in [-0.2, -0.15) is 0 Å². The fourth-order valence-corrected chi connectivity index (χ4v) is 2.92. The molecule has 0 heterocycles. The Morgan fingerprint density at radius 1 is 1.08 bits per heavy atom. The van der Waals surface area contributed by atoms with Gasteiger partial charge in [0.25, 0.3) is 0 Å². The summed E-state index contributed by atoms with van der Waals surface area (Å²) in [7, 11) is 0. The van der Waals surface area contributed by atoms with Crippen LogP contribution in [-0.2, 0) is 9.59 Å². The number of carbonyl (C=O) groups excluding carboxylic acids is 2. The summed E-state index contributed by atoms with van der Waals surface area (Å²) in [6, 6.07) is 0. The van der Waals surface area contributed by atoms with Crippen molar-refractivity contribution >= 4 is 12.1 Å². The molecule has 3 aliphatic carbocycles. The molecule has 72 valence electrons. The van der Waals surface area contributed by atoms with Gasteiger partial charge in [-0.1, -0.05) is 0 Å². The van der Waals surface area contributed by atoms with Crippen molar-refractivity contribution in [3.05, 3.63) is 0 Å². The molecule has 3 rings (SSSR count). The van der Waals surface area contributed by atoms with Crippen LogP contribution in [0.2, 0.25) is 0 Å². The smallest absolute Gasteiger partial charge is 0.135 e. The second-order valence-electron chi connectivity index (χ2n) is 4.82. The highest BCUT2D eigenvalue weighted by atomic mass is 16.1. The lowest BCUT2D eigenvalue weighted by Crippen LogP contribution is -2.45. The molecule has 0 unspecified atom stereocenters. The van der Waals surface area contributed by atoms with E-state index in [1.165, 1.54) is 0 Å². The zero-order valence-electron chi connectivity index (χ0n) is 8.14. The maximum Gasteiger partial charge on any atom is 0.135 e. The SMILES string of the molecule is CC(=O)C12CCC(C=O)(CC1)CC2. The average molecular weight is 180 g/mol. The number of fused-ring (bicyclic) bond motifs is 3. The Balaban J connectivity index is 2.20. The Bertz CT molecular complexity index is 230. The van der Waals surface area contributed by atoms with Crippen molar-refractivity contribution in [3.63, 3.8) is 0 Å². The number of aldehydes is 1. The summed E-state index contributed by atoms with van der Waals surface area (Å²) >= 11 is 0. The molecule has 3 fully saturated rings. The normalized spacial score (nSPS) is 43.2. The summed E-state index contributed by atoms with van der Waals surface area (Å²) in [5.41, 5.74) is -0.0814. The van der Waals surface area contributed by atoms with Gasteiger partial charge in [-0.3, -0.25) is 4.79 Å². The highest BCUT2D eigenvalue weighted by Crippen LogP contribution is 2.56. The minimum atomic E-state index is -0.0444. The van der Waals surface area contributed by atoms with E-state index in [0.717, 1.165) is 44.8 Å². The zero-order chi connectivity index (χ0) is 9.53. The summed E-state index contributed by atoms with van der Waals surface area (Å²) in [5, 5.41) is 0. The third-order valence-corrected chi connectivity index (χ3v) is 4.30. The van der Waals surface area contributed by atoms with Gasteiger partial charge in [0.2, 0.25) is 0 Å². The Morgan fingerprint density at radius 2 is 1.54 bits per heavy atom. The monoisotopic (exact) mass is 180 g/mol. The second-order valence-corrected chi connectivity index (χ2v) is 4.82. The number of carbonyl (C=O) groups is 2. The van der Waals surface area contributed by atoms with E-state index in [1.807, 2.05) is 0 Å². The van der Waals surface area contributed by atoms with E-state index in [2.05, 4.69) is 0 Å². The minimum Gasteiger partial charge on any atom is -0.303 e. The molecule has 13 heavy (non-hydrogen) atoms. The van der Waals surface area contributed by atoms with Crippen LogP contribution in [0.15, 0.2) is 0 Å². The number of hydrogen-bond acceptors (Lipinski definition) is 2. The van der Waals surface area contributed by atoms with E-state index in [4.69, 9.17) is 0 Å². The van der Waals surface area contributed by atoms with Crippen molar-refractivity contribution in [2.75, 3.05) is 0 Å². The first-order valence-corrected chi connectivity index (χ1v) is 5.10. The van der Waals surface area contributed by atoms with Gasteiger partial charge in [0.15, 0.2) is 0 Å². The molecule has 2 nitrogen and oxygen atoms in total. The van der Waals surface area contributed by atoms with Gasteiger partial charge in [-0.05, 0) is 45.4 Å². The number of ketones is 1. The predicted molar refractivity (Wildman–Crippen MR) is 49.3 cm³/mol. The molecule has 0 saturated heterocycles. The fraction of sp³-hybridized carbons (Fsp3) is 0.818. The van der Waals surface area contributed by atoms with Gasteiger partial charge in [0.05, 0.1) is 0 Å². The Kier molecular flexibility index (Phi) is 1.83. The lowest BCUT2D eigenvalue weighted by atomic mass is 9.53. The molecule has 0 radical (unpaired) electrons. The van der Waals surface area contributed by atoms with Crippen LogP contribution in [0.1, 0.15) is 45.4 Å². The standard InChI is InChI=1S/C11H16O2/c1-9(13)11-5-2-10(8-12,3-6-11)4-7-11/h8H,2-7H2,1H3. The van der Waals surface area contributed by atoms with E-state index < -0.39 is 0 Å². The molecular weight excluding hydrogens is 164 g/mol. The first-order chi connectivity index (χ1) is 6.13. The highest BCUT2D eigenvalue weighted by molar-refractivity contribution is 5.83. The molecule has 0 N–H and O–H groups in total.